The third-order valence-electron chi connectivity index (χ3n) is 3.59. The van der Waals surface area contributed by atoms with Gasteiger partial charge in [-0.3, -0.25) is 0 Å². The highest BCUT2D eigenvalue weighted by Crippen LogP contribution is 2.36. The number of hydrogen-bond donors (Lipinski definition) is 1. The Balaban J connectivity index is 2.23. The molecule has 2 rings (SSSR count). The van der Waals surface area contributed by atoms with E-state index in [-0.39, 0.29) is 12.0 Å². The lowest BCUT2D eigenvalue weighted by atomic mass is 9.92. The molecule has 0 bridgehead atoms. The molecule has 0 aliphatic heterocycles. The largest absolute Gasteiger partial charge is 0.419 e. The minimum absolute atomic E-state index is 0.251. The molecule has 1 aromatic carbocycles. The van der Waals surface area contributed by atoms with Gasteiger partial charge in [-0.2, -0.15) is 13.2 Å². The molecule has 0 heterocycles. The Morgan fingerprint density at radius 1 is 1.17 bits per heavy atom. The van der Waals surface area contributed by atoms with Gasteiger partial charge in [0.15, 0.2) is 0 Å². The van der Waals surface area contributed by atoms with Crippen LogP contribution in [0.5, 0.6) is 0 Å². The molecular weight excluding hydrogens is 246 g/mol. The van der Waals surface area contributed by atoms with Crippen molar-refractivity contribution in [2.75, 3.05) is 0 Å². The Morgan fingerprint density at radius 2 is 1.78 bits per heavy atom. The first-order valence-electron chi connectivity index (χ1n) is 6.02. The SMILES string of the molecule is N[C@H](c1ccc(C(F)(F)F)c(F)c1)C1CCCC1. The molecule has 1 atom stereocenters. The topological polar surface area (TPSA) is 26.0 Å². The van der Waals surface area contributed by atoms with Gasteiger partial charge in [0.05, 0.1) is 5.56 Å². The zero-order chi connectivity index (χ0) is 13.3. The average molecular weight is 261 g/mol. The molecule has 100 valence electrons. The van der Waals surface area contributed by atoms with Crippen LogP contribution < -0.4 is 5.73 Å². The molecule has 18 heavy (non-hydrogen) atoms. The molecule has 5 heteroatoms. The number of hydrogen-bond acceptors (Lipinski definition) is 1. The third-order valence-corrected chi connectivity index (χ3v) is 3.59. The van der Waals surface area contributed by atoms with Crippen molar-refractivity contribution in [3.05, 3.63) is 35.1 Å². The second kappa shape index (κ2) is 4.88. The van der Waals surface area contributed by atoms with Crippen molar-refractivity contribution < 1.29 is 17.6 Å². The number of benzene rings is 1. The Labute approximate surface area is 103 Å². The lowest BCUT2D eigenvalue weighted by Gasteiger charge is -2.20. The van der Waals surface area contributed by atoms with Crippen LogP contribution in [0, 0.1) is 11.7 Å². The minimum Gasteiger partial charge on any atom is -0.324 e. The molecule has 1 aromatic rings. The van der Waals surface area contributed by atoms with E-state index in [1.165, 1.54) is 6.07 Å². The van der Waals surface area contributed by atoms with Crippen LogP contribution >= 0.6 is 0 Å². The molecule has 1 nitrogen and oxygen atoms in total. The molecule has 0 saturated heterocycles. The van der Waals surface area contributed by atoms with Gasteiger partial charge in [0.25, 0.3) is 0 Å². The minimum atomic E-state index is -4.65. The van der Waals surface area contributed by atoms with E-state index in [0.29, 0.717) is 5.56 Å². The Hall–Kier alpha value is -1.10. The van der Waals surface area contributed by atoms with E-state index >= 15 is 0 Å². The Bertz CT molecular complexity index is 421. The monoisotopic (exact) mass is 261 g/mol. The molecular formula is C13H15F4N. The van der Waals surface area contributed by atoms with Gasteiger partial charge in [-0.15, -0.1) is 0 Å². The second-order valence-electron chi connectivity index (χ2n) is 4.81. The van der Waals surface area contributed by atoms with Gasteiger partial charge in [0.1, 0.15) is 5.82 Å². The summed E-state index contributed by atoms with van der Waals surface area (Å²) >= 11 is 0. The van der Waals surface area contributed by atoms with Crippen molar-refractivity contribution in [3.8, 4) is 0 Å². The van der Waals surface area contributed by atoms with E-state index < -0.39 is 17.6 Å². The van der Waals surface area contributed by atoms with E-state index in [4.69, 9.17) is 5.73 Å². The van der Waals surface area contributed by atoms with Crippen molar-refractivity contribution in [1.29, 1.82) is 0 Å². The fraction of sp³-hybridized carbons (Fsp3) is 0.538. The average Bonchev–Trinajstić information content (AvgIpc) is 2.79. The van der Waals surface area contributed by atoms with E-state index in [9.17, 15) is 17.6 Å². The maximum absolute atomic E-state index is 13.4. The van der Waals surface area contributed by atoms with Gasteiger partial charge < -0.3 is 5.73 Å². The normalized spacial score (nSPS) is 19.2. The zero-order valence-electron chi connectivity index (χ0n) is 9.80. The summed E-state index contributed by atoms with van der Waals surface area (Å²) in [6, 6.07) is 2.62. The lowest BCUT2D eigenvalue weighted by Crippen LogP contribution is -2.20. The van der Waals surface area contributed by atoms with Gasteiger partial charge in [-0.25, -0.2) is 4.39 Å². The smallest absolute Gasteiger partial charge is 0.324 e. The first-order valence-corrected chi connectivity index (χ1v) is 6.02. The zero-order valence-corrected chi connectivity index (χ0v) is 9.80. The highest BCUT2D eigenvalue weighted by Gasteiger charge is 2.34. The van der Waals surface area contributed by atoms with E-state index in [1.807, 2.05) is 0 Å². The van der Waals surface area contributed by atoms with E-state index in [0.717, 1.165) is 37.8 Å². The van der Waals surface area contributed by atoms with Gasteiger partial charge in [-0.05, 0) is 36.5 Å². The van der Waals surface area contributed by atoms with Crippen LogP contribution in [0.1, 0.15) is 42.9 Å². The van der Waals surface area contributed by atoms with Crippen LogP contribution in [-0.2, 0) is 6.18 Å². The summed E-state index contributed by atoms with van der Waals surface area (Å²) in [5.74, 6) is -0.991. The first-order chi connectivity index (χ1) is 8.39. The molecule has 0 amide bonds. The molecule has 1 saturated carbocycles. The maximum atomic E-state index is 13.4. The number of nitrogens with two attached hydrogens (primary N) is 1. The van der Waals surface area contributed by atoms with Crippen molar-refractivity contribution in [3.63, 3.8) is 0 Å². The van der Waals surface area contributed by atoms with Crippen LogP contribution in [0.3, 0.4) is 0 Å². The van der Waals surface area contributed by atoms with Crippen molar-refractivity contribution in [2.24, 2.45) is 11.7 Å². The predicted molar refractivity (Wildman–Crippen MR) is 60.3 cm³/mol. The molecule has 0 unspecified atom stereocenters. The Morgan fingerprint density at radius 3 is 2.28 bits per heavy atom. The molecule has 2 N–H and O–H groups in total. The summed E-state index contributed by atoms with van der Waals surface area (Å²) in [5, 5.41) is 0. The van der Waals surface area contributed by atoms with Crippen LogP contribution in [0.25, 0.3) is 0 Å². The molecule has 1 fully saturated rings. The summed E-state index contributed by atoms with van der Waals surface area (Å²) in [6.45, 7) is 0. The van der Waals surface area contributed by atoms with Gasteiger partial charge in [-0.1, -0.05) is 18.9 Å². The summed E-state index contributed by atoms with van der Waals surface area (Å²) in [7, 11) is 0. The molecule has 0 radical (unpaired) electrons. The predicted octanol–water partition coefficient (Wildman–Crippen LogP) is 4.03. The highest BCUT2D eigenvalue weighted by atomic mass is 19.4. The molecule has 0 aromatic heterocycles. The van der Waals surface area contributed by atoms with Crippen LogP contribution in [0.15, 0.2) is 18.2 Å². The molecule has 0 spiro atoms. The van der Waals surface area contributed by atoms with Gasteiger partial charge in [0.2, 0.25) is 0 Å². The number of alkyl halides is 3. The van der Waals surface area contributed by atoms with E-state index in [1.54, 1.807) is 0 Å². The number of halogens is 4. The van der Waals surface area contributed by atoms with Crippen LogP contribution in [-0.4, -0.2) is 0 Å². The molecule has 1 aliphatic rings. The van der Waals surface area contributed by atoms with Gasteiger partial charge in [0, 0.05) is 6.04 Å². The summed E-state index contributed by atoms with van der Waals surface area (Å²) in [5.41, 5.74) is 5.20. The first kappa shape index (κ1) is 13.3. The lowest BCUT2D eigenvalue weighted by molar-refractivity contribution is -0.140. The fourth-order valence-corrected chi connectivity index (χ4v) is 2.56. The van der Waals surface area contributed by atoms with Gasteiger partial charge >= 0.3 is 6.18 Å². The van der Waals surface area contributed by atoms with Crippen molar-refractivity contribution in [1.82, 2.24) is 0 Å². The van der Waals surface area contributed by atoms with Crippen LogP contribution in [0.4, 0.5) is 17.6 Å². The standard InChI is InChI=1S/C13H15F4N/c14-11-7-9(5-6-10(11)13(15,16)17)12(18)8-3-1-2-4-8/h5-8,12H,1-4,18H2/t12-/m0/s1. The summed E-state index contributed by atoms with van der Waals surface area (Å²) in [6.07, 6.45) is -0.559. The van der Waals surface area contributed by atoms with Crippen molar-refractivity contribution >= 4 is 0 Å². The van der Waals surface area contributed by atoms with Crippen LogP contribution in [0.2, 0.25) is 0 Å². The second-order valence-corrected chi connectivity index (χ2v) is 4.81. The fourth-order valence-electron chi connectivity index (χ4n) is 2.56. The Kier molecular flexibility index (Phi) is 3.61. The van der Waals surface area contributed by atoms with E-state index in [2.05, 4.69) is 0 Å². The maximum Gasteiger partial charge on any atom is 0.419 e. The summed E-state index contributed by atoms with van der Waals surface area (Å²) in [4.78, 5) is 0. The highest BCUT2D eigenvalue weighted by molar-refractivity contribution is 5.28. The summed E-state index contributed by atoms with van der Waals surface area (Å²) < 4.78 is 50.7. The molecule has 1 aliphatic carbocycles. The van der Waals surface area contributed by atoms with Crippen molar-refractivity contribution in [2.45, 2.75) is 37.9 Å². The number of rotatable bonds is 2. The third kappa shape index (κ3) is 2.66. The quantitative estimate of drug-likeness (QED) is 0.799.